The van der Waals surface area contributed by atoms with E-state index in [4.69, 9.17) is 9.47 Å². The molecule has 0 unspecified atom stereocenters. The Morgan fingerprint density at radius 1 is 0.850 bits per heavy atom. The van der Waals surface area contributed by atoms with Crippen LogP contribution in [0.15, 0.2) is 48.8 Å². The van der Waals surface area contributed by atoms with Gasteiger partial charge in [-0.3, -0.25) is 0 Å². The fourth-order valence-corrected chi connectivity index (χ4v) is 2.61. The fraction of sp³-hybridized carbons (Fsp3) is 0.286. The van der Waals surface area contributed by atoms with Crippen molar-refractivity contribution in [2.24, 2.45) is 0 Å². The van der Waals surface area contributed by atoms with Gasteiger partial charge in [0.15, 0.2) is 19.2 Å². The van der Waals surface area contributed by atoms with Crippen LogP contribution in [-0.2, 0) is 9.47 Å². The van der Waals surface area contributed by atoms with E-state index in [-0.39, 0.29) is 12.5 Å². The van der Waals surface area contributed by atoms with Crippen LogP contribution in [0.3, 0.4) is 0 Å². The smallest absolute Gasteiger partial charge is 0.181 e. The zero-order valence-electron chi connectivity index (χ0n) is 10.8. The maximum Gasteiger partial charge on any atom is 0.181 e. The molecule has 0 aromatic carbocycles. The van der Waals surface area contributed by atoms with Gasteiger partial charge in [-0.2, -0.15) is 0 Å². The van der Waals surface area contributed by atoms with Crippen molar-refractivity contribution in [3.63, 3.8) is 0 Å². The van der Waals surface area contributed by atoms with E-state index < -0.39 is 0 Å². The molecule has 4 rings (SSSR count). The van der Waals surface area contributed by atoms with Gasteiger partial charge in [-0.05, 0) is 24.3 Å². The molecule has 20 heavy (non-hydrogen) atoms. The van der Waals surface area contributed by atoms with E-state index in [2.05, 4.69) is 19.8 Å². The van der Waals surface area contributed by atoms with Crippen molar-refractivity contribution in [2.75, 3.05) is 23.3 Å². The Morgan fingerprint density at radius 2 is 1.40 bits per heavy atom. The van der Waals surface area contributed by atoms with Crippen molar-refractivity contribution in [2.45, 2.75) is 12.5 Å². The molecule has 2 aromatic rings. The Hall–Kier alpha value is -2.18. The number of nitrogens with zero attached hydrogens (tertiary/aromatic N) is 4. The van der Waals surface area contributed by atoms with Gasteiger partial charge in [-0.15, -0.1) is 0 Å². The van der Waals surface area contributed by atoms with Crippen LogP contribution >= 0.6 is 0 Å². The molecule has 0 N–H and O–H groups in total. The maximum absolute atomic E-state index is 5.69. The minimum absolute atomic E-state index is 0.146. The van der Waals surface area contributed by atoms with E-state index in [0.29, 0.717) is 13.5 Å². The molecule has 2 saturated heterocycles. The summed E-state index contributed by atoms with van der Waals surface area (Å²) < 4.78 is 11.4. The number of hydrogen-bond donors (Lipinski definition) is 0. The van der Waals surface area contributed by atoms with Crippen molar-refractivity contribution >= 4 is 11.6 Å². The molecule has 4 heterocycles. The van der Waals surface area contributed by atoms with Gasteiger partial charge in [-0.25, -0.2) is 9.97 Å². The van der Waals surface area contributed by atoms with Gasteiger partial charge in [0, 0.05) is 12.4 Å². The second-order valence-corrected chi connectivity index (χ2v) is 4.69. The minimum atomic E-state index is -0.146. The second kappa shape index (κ2) is 4.73. The zero-order valence-corrected chi connectivity index (χ0v) is 10.8. The molecular formula is C14H14N4O2. The van der Waals surface area contributed by atoms with Crippen LogP contribution in [-0.4, -0.2) is 35.9 Å². The maximum atomic E-state index is 5.69. The summed E-state index contributed by atoms with van der Waals surface area (Å²) in [4.78, 5) is 13.0. The van der Waals surface area contributed by atoms with Crippen molar-refractivity contribution in [3.05, 3.63) is 48.8 Å². The SMILES string of the molecule is c1ccc(N2CN(c3ccccn3)[C@H]3OCO[C@H]32)nc1. The summed E-state index contributed by atoms with van der Waals surface area (Å²) >= 11 is 0. The summed E-state index contributed by atoms with van der Waals surface area (Å²) in [6, 6.07) is 11.7. The number of hydrogen-bond acceptors (Lipinski definition) is 6. The second-order valence-electron chi connectivity index (χ2n) is 4.69. The van der Waals surface area contributed by atoms with Crippen LogP contribution in [0.25, 0.3) is 0 Å². The molecule has 0 spiro atoms. The summed E-state index contributed by atoms with van der Waals surface area (Å²) in [7, 11) is 0. The van der Waals surface area contributed by atoms with E-state index in [1.54, 1.807) is 12.4 Å². The Bertz CT molecular complexity index is 529. The van der Waals surface area contributed by atoms with Gasteiger partial charge in [0.05, 0.1) is 6.67 Å². The standard InChI is InChI=1S/C14H14N4O2/c1-3-7-15-11(5-1)17-9-18(12-6-2-4-8-16-12)14-13(17)19-10-20-14/h1-8,13-14H,9-10H2/t13-,14+. The highest BCUT2D eigenvalue weighted by Gasteiger charge is 2.46. The largest absolute Gasteiger partial charge is 0.327 e. The number of aromatic nitrogens is 2. The number of rotatable bonds is 2. The zero-order chi connectivity index (χ0) is 13.4. The molecule has 6 nitrogen and oxygen atoms in total. The predicted octanol–water partition coefficient (Wildman–Crippen LogP) is 1.42. The molecule has 2 aliphatic rings. The lowest BCUT2D eigenvalue weighted by Gasteiger charge is -2.22. The summed E-state index contributed by atoms with van der Waals surface area (Å²) in [5, 5.41) is 0. The third kappa shape index (κ3) is 1.81. The molecule has 102 valence electrons. The van der Waals surface area contributed by atoms with Crippen molar-refractivity contribution < 1.29 is 9.47 Å². The summed E-state index contributed by atoms with van der Waals surface area (Å²) in [6.45, 7) is 0.936. The highest BCUT2D eigenvalue weighted by atomic mass is 16.7. The number of anilines is 2. The number of ether oxygens (including phenoxy) is 2. The van der Waals surface area contributed by atoms with Crippen LogP contribution in [0.4, 0.5) is 11.6 Å². The molecule has 2 aromatic heterocycles. The van der Waals surface area contributed by atoms with Crippen molar-refractivity contribution in [1.29, 1.82) is 0 Å². The molecule has 2 aliphatic heterocycles. The van der Waals surface area contributed by atoms with Gasteiger partial charge < -0.3 is 19.3 Å². The predicted molar refractivity (Wildman–Crippen MR) is 72.9 cm³/mol. The normalized spacial score (nSPS) is 25.0. The van der Waals surface area contributed by atoms with Gasteiger partial charge in [0.1, 0.15) is 11.6 Å². The summed E-state index contributed by atoms with van der Waals surface area (Å²) in [6.07, 6.45) is 3.27. The first-order valence-corrected chi connectivity index (χ1v) is 6.52. The first-order valence-electron chi connectivity index (χ1n) is 6.52. The fourth-order valence-electron chi connectivity index (χ4n) is 2.61. The van der Waals surface area contributed by atoms with Crippen LogP contribution in [0.5, 0.6) is 0 Å². The molecule has 2 fully saturated rings. The number of fused-ring (bicyclic) bond motifs is 1. The van der Waals surface area contributed by atoms with Crippen molar-refractivity contribution in [3.8, 4) is 0 Å². The molecular weight excluding hydrogens is 256 g/mol. The van der Waals surface area contributed by atoms with Crippen LogP contribution < -0.4 is 9.80 Å². The average Bonchev–Trinajstić information content (AvgIpc) is 3.11. The van der Waals surface area contributed by atoms with Gasteiger partial charge in [-0.1, -0.05) is 12.1 Å². The average molecular weight is 270 g/mol. The molecule has 2 atom stereocenters. The lowest BCUT2D eigenvalue weighted by molar-refractivity contribution is 0.0319. The highest BCUT2D eigenvalue weighted by molar-refractivity contribution is 5.50. The molecule has 0 amide bonds. The third-order valence-corrected chi connectivity index (χ3v) is 3.53. The van der Waals surface area contributed by atoms with Crippen LogP contribution in [0.2, 0.25) is 0 Å². The highest BCUT2D eigenvalue weighted by Crippen LogP contribution is 2.33. The first kappa shape index (κ1) is 11.6. The van der Waals surface area contributed by atoms with Crippen LogP contribution in [0, 0.1) is 0 Å². The van der Waals surface area contributed by atoms with Crippen molar-refractivity contribution in [1.82, 2.24) is 9.97 Å². The molecule has 6 heteroatoms. The third-order valence-electron chi connectivity index (χ3n) is 3.53. The van der Waals surface area contributed by atoms with Gasteiger partial charge in [0.2, 0.25) is 0 Å². The van der Waals surface area contributed by atoms with Crippen LogP contribution in [0.1, 0.15) is 0 Å². The van der Waals surface area contributed by atoms with E-state index in [0.717, 1.165) is 11.6 Å². The van der Waals surface area contributed by atoms with E-state index in [9.17, 15) is 0 Å². The minimum Gasteiger partial charge on any atom is -0.327 e. The lowest BCUT2D eigenvalue weighted by atomic mass is 10.4. The lowest BCUT2D eigenvalue weighted by Crippen LogP contribution is -2.34. The monoisotopic (exact) mass is 270 g/mol. The quantitative estimate of drug-likeness (QED) is 0.822. The molecule has 0 saturated carbocycles. The van der Waals surface area contributed by atoms with E-state index in [1.807, 2.05) is 36.4 Å². The van der Waals surface area contributed by atoms with E-state index in [1.165, 1.54) is 0 Å². The molecule has 0 radical (unpaired) electrons. The molecule has 0 bridgehead atoms. The Morgan fingerprint density at radius 3 is 1.85 bits per heavy atom. The topological polar surface area (TPSA) is 50.7 Å². The van der Waals surface area contributed by atoms with Gasteiger partial charge in [0.25, 0.3) is 0 Å². The summed E-state index contributed by atoms with van der Waals surface area (Å²) in [5.74, 6) is 1.76. The van der Waals surface area contributed by atoms with E-state index >= 15 is 0 Å². The number of pyridine rings is 2. The Labute approximate surface area is 116 Å². The van der Waals surface area contributed by atoms with Gasteiger partial charge >= 0.3 is 0 Å². The molecule has 0 aliphatic carbocycles. The first-order chi connectivity index (χ1) is 9.93. The summed E-state index contributed by atoms with van der Waals surface area (Å²) in [5.41, 5.74) is 0. The Balaban J connectivity index is 1.68. The Kier molecular flexibility index (Phi) is 2.75.